The smallest absolute Gasteiger partial charge is 0.258 e. The second kappa shape index (κ2) is 6.73. The van der Waals surface area contributed by atoms with Gasteiger partial charge < -0.3 is 10.1 Å². The third kappa shape index (κ3) is 4.64. The Kier molecular flexibility index (Phi) is 5.59. The molecule has 1 rings (SSSR count). The van der Waals surface area contributed by atoms with E-state index in [9.17, 15) is 9.18 Å². The fourth-order valence-corrected chi connectivity index (χ4v) is 1.54. The molecule has 0 saturated carbocycles. The standard InChI is InChI=1S/C13H17BrFNO2/c1-8(2)9(3)16-13(17)7-18-10-4-5-12(15)11(14)6-10/h4-6,8-9H,7H2,1-3H3,(H,16,17). The van der Waals surface area contributed by atoms with Gasteiger partial charge in [0.2, 0.25) is 0 Å². The number of carbonyl (C=O) groups is 1. The Morgan fingerprint density at radius 2 is 2.11 bits per heavy atom. The minimum Gasteiger partial charge on any atom is -0.484 e. The zero-order valence-electron chi connectivity index (χ0n) is 10.7. The zero-order valence-corrected chi connectivity index (χ0v) is 12.3. The monoisotopic (exact) mass is 317 g/mol. The Bertz CT molecular complexity index is 423. The molecule has 0 radical (unpaired) electrons. The number of hydrogen-bond acceptors (Lipinski definition) is 2. The van der Waals surface area contributed by atoms with E-state index in [1.54, 1.807) is 0 Å². The first-order valence-corrected chi connectivity index (χ1v) is 6.56. The number of ether oxygens (including phenoxy) is 1. The maximum atomic E-state index is 13.0. The Balaban J connectivity index is 2.45. The van der Waals surface area contributed by atoms with Gasteiger partial charge in [0.05, 0.1) is 4.47 Å². The number of amides is 1. The summed E-state index contributed by atoms with van der Waals surface area (Å²) in [6.45, 7) is 5.93. The SMILES string of the molecule is CC(C)C(C)NC(=O)COc1ccc(F)c(Br)c1. The molecule has 1 aromatic rings. The number of nitrogens with one attached hydrogen (secondary N) is 1. The average molecular weight is 318 g/mol. The van der Waals surface area contributed by atoms with Crippen molar-refractivity contribution in [1.82, 2.24) is 5.32 Å². The molecule has 1 atom stereocenters. The van der Waals surface area contributed by atoms with Crippen LogP contribution in [0.2, 0.25) is 0 Å². The molecular formula is C13H17BrFNO2. The number of halogens is 2. The lowest BCUT2D eigenvalue weighted by Crippen LogP contribution is -2.38. The minimum absolute atomic E-state index is 0.0743. The van der Waals surface area contributed by atoms with Gasteiger partial charge >= 0.3 is 0 Å². The first kappa shape index (κ1) is 15.0. The Labute approximate surface area is 115 Å². The van der Waals surface area contributed by atoms with Crippen molar-refractivity contribution in [1.29, 1.82) is 0 Å². The molecule has 0 aliphatic carbocycles. The lowest BCUT2D eigenvalue weighted by atomic mass is 10.1. The van der Waals surface area contributed by atoms with Crippen LogP contribution in [0.5, 0.6) is 5.75 Å². The van der Waals surface area contributed by atoms with E-state index in [1.807, 2.05) is 20.8 Å². The average Bonchev–Trinajstić information content (AvgIpc) is 2.30. The van der Waals surface area contributed by atoms with Crippen molar-refractivity contribution in [3.05, 3.63) is 28.5 Å². The molecule has 0 aromatic heterocycles. The summed E-state index contributed by atoms with van der Waals surface area (Å²) >= 11 is 3.06. The highest BCUT2D eigenvalue weighted by Crippen LogP contribution is 2.21. The predicted molar refractivity (Wildman–Crippen MR) is 72.0 cm³/mol. The molecule has 3 nitrogen and oxygen atoms in total. The second-order valence-electron chi connectivity index (χ2n) is 4.46. The van der Waals surface area contributed by atoms with E-state index in [0.29, 0.717) is 16.1 Å². The van der Waals surface area contributed by atoms with Gasteiger partial charge in [0, 0.05) is 6.04 Å². The second-order valence-corrected chi connectivity index (χ2v) is 5.32. The molecule has 0 spiro atoms. The van der Waals surface area contributed by atoms with Gasteiger partial charge in [-0.25, -0.2) is 4.39 Å². The fraction of sp³-hybridized carbons (Fsp3) is 0.462. The maximum Gasteiger partial charge on any atom is 0.258 e. The molecule has 1 unspecified atom stereocenters. The zero-order chi connectivity index (χ0) is 13.7. The van der Waals surface area contributed by atoms with Crippen LogP contribution in [0.25, 0.3) is 0 Å². The van der Waals surface area contributed by atoms with Gasteiger partial charge in [0.1, 0.15) is 11.6 Å². The van der Waals surface area contributed by atoms with E-state index in [4.69, 9.17) is 4.74 Å². The Morgan fingerprint density at radius 3 is 2.67 bits per heavy atom. The van der Waals surface area contributed by atoms with Crippen molar-refractivity contribution < 1.29 is 13.9 Å². The number of rotatable bonds is 5. The molecule has 0 aliphatic rings. The van der Waals surface area contributed by atoms with Crippen molar-refractivity contribution in [3.63, 3.8) is 0 Å². The lowest BCUT2D eigenvalue weighted by Gasteiger charge is -2.17. The molecule has 18 heavy (non-hydrogen) atoms. The molecule has 100 valence electrons. The van der Waals surface area contributed by atoms with E-state index < -0.39 is 0 Å². The number of hydrogen-bond donors (Lipinski definition) is 1. The molecule has 5 heteroatoms. The Hall–Kier alpha value is -1.10. The summed E-state index contributed by atoms with van der Waals surface area (Å²) in [6, 6.07) is 4.36. The summed E-state index contributed by atoms with van der Waals surface area (Å²) in [6.07, 6.45) is 0. The molecule has 1 aromatic carbocycles. The largest absolute Gasteiger partial charge is 0.484 e. The topological polar surface area (TPSA) is 38.3 Å². The first-order chi connectivity index (χ1) is 8.40. The summed E-state index contributed by atoms with van der Waals surface area (Å²) in [5.41, 5.74) is 0. The highest BCUT2D eigenvalue weighted by atomic mass is 79.9. The van der Waals surface area contributed by atoms with Crippen LogP contribution >= 0.6 is 15.9 Å². The van der Waals surface area contributed by atoms with Crippen molar-refractivity contribution in [2.45, 2.75) is 26.8 Å². The predicted octanol–water partition coefficient (Wildman–Crippen LogP) is 3.13. The quantitative estimate of drug-likeness (QED) is 0.906. The molecule has 1 N–H and O–H groups in total. The van der Waals surface area contributed by atoms with E-state index in [2.05, 4.69) is 21.2 Å². The molecule has 0 aliphatic heterocycles. The van der Waals surface area contributed by atoms with Gasteiger partial charge in [-0.05, 0) is 47.0 Å². The van der Waals surface area contributed by atoms with Crippen molar-refractivity contribution >= 4 is 21.8 Å². The van der Waals surface area contributed by atoms with Crippen LogP contribution in [0.4, 0.5) is 4.39 Å². The molecular weight excluding hydrogens is 301 g/mol. The van der Waals surface area contributed by atoms with Crippen LogP contribution in [0, 0.1) is 11.7 Å². The van der Waals surface area contributed by atoms with Crippen LogP contribution in [-0.2, 0) is 4.79 Å². The van der Waals surface area contributed by atoms with Crippen LogP contribution in [0.3, 0.4) is 0 Å². The lowest BCUT2D eigenvalue weighted by molar-refractivity contribution is -0.124. The maximum absolute atomic E-state index is 13.0. The van der Waals surface area contributed by atoms with Crippen LogP contribution in [-0.4, -0.2) is 18.6 Å². The molecule has 0 saturated heterocycles. The Morgan fingerprint density at radius 1 is 1.44 bits per heavy atom. The van der Waals surface area contributed by atoms with E-state index in [0.717, 1.165) is 0 Å². The third-order valence-electron chi connectivity index (χ3n) is 2.65. The van der Waals surface area contributed by atoms with Gasteiger partial charge in [-0.2, -0.15) is 0 Å². The first-order valence-electron chi connectivity index (χ1n) is 5.77. The molecule has 0 bridgehead atoms. The minimum atomic E-state index is -0.361. The van der Waals surface area contributed by atoms with Crippen LogP contribution in [0.15, 0.2) is 22.7 Å². The van der Waals surface area contributed by atoms with Crippen molar-refractivity contribution in [2.24, 2.45) is 5.92 Å². The van der Waals surface area contributed by atoms with Gasteiger partial charge in [0.15, 0.2) is 6.61 Å². The molecule has 0 fully saturated rings. The van der Waals surface area contributed by atoms with E-state index >= 15 is 0 Å². The van der Waals surface area contributed by atoms with E-state index in [-0.39, 0.29) is 24.4 Å². The third-order valence-corrected chi connectivity index (χ3v) is 3.26. The van der Waals surface area contributed by atoms with Gasteiger partial charge in [-0.3, -0.25) is 4.79 Å². The summed E-state index contributed by atoms with van der Waals surface area (Å²) in [5.74, 6) is 0.279. The van der Waals surface area contributed by atoms with Crippen LogP contribution < -0.4 is 10.1 Å². The summed E-state index contributed by atoms with van der Waals surface area (Å²) in [5, 5.41) is 2.83. The highest BCUT2D eigenvalue weighted by molar-refractivity contribution is 9.10. The van der Waals surface area contributed by atoms with Gasteiger partial charge in [-0.1, -0.05) is 13.8 Å². The normalized spacial score (nSPS) is 12.3. The summed E-state index contributed by atoms with van der Waals surface area (Å²) in [7, 11) is 0. The fourth-order valence-electron chi connectivity index (χ4n) is 1.18. The number of carbonyl (C=O) groups excluding carboxylic acids is 1. The molecule has 1 amide bonds. The highest BCUT2D eigenvalue weighted by Gasteiger charge is 2.11. The van der Waals surface area contributed by atoms with E-state index in [1.165, 1.54) is 18.2 Å². The van der Waals surface area contributed by atoms with Crippen molar-refractivity contribution in [2.75, 3.05) is 6.61 Å². The van der Waals surface area contributed by atoms with Crippen LogP contribution in [0.1, 0.15) is 20.8 Å². The number of benzene rings is 1. The summed E-state index contributed by atoms with van der Waals surface area (Å²) in [4.78, 5) is 11.6. The molecule has 0 heterocycles. The van der Waals surface area contributed by atoms with Gasteiger partial charge in [0.25, 0.3) is 5.91 Å². The van der Waals surface area contributed by atoms with Crippen molar-refractivity contribution in [3.8, 4) is 5.75 Å². The summed E-state index contributed by atoms with van der Waals surface area (Å²) < 4.78 is 18.6. The van der Waals surface area contributed by atoms with Gasteiger partial charge in [-0.15, -0.1) is 0 Å².